The molecule has 2 aromatic carbocycles. The normalized spacial score (nSPS) is 17.7. The van der Waals surface area contributed by atoms with Crippen LogP contribution in [0.25, 0.3) is 0 Å². The minimum absolute atomic E-state index is 0.0328. The molecule has 2 atom stereocenters. The van der Waals surface area contributed by atoms with E-state index in [4.69, 9.17) is 11.6 Å². The van der Waals surface area contributed by atoms with Gasteiger partial charge in [-0.25, -0.2) is 4.98 Å². The number of aromatic nitrogens is 1. The summed E-state index contributed by atoms with van der Waals surface area (Å²) in [6.45, 7) is 8.84. The van der Waals surface area contributed by atoms with E-state index < -0.39 is 12.0 Å². The molecule has 38 heavy (non-hydrogen) atoms. The lowest BCUT2D eigenvalue weighted by Crippen LogP contribution is -2.46. The Morgan fingerprint density at radius 2 is 1.79 bits per heavy atom. The molecular weight excluding hydrogens is 496 g/mol. The summed E-state index contributed by atoms with van der Waals surface area (Å²) < 4.78 is 0. The van der Waals surface area contributed by atoms with E-state index in [0.29, 0.717) is 23.7 Å². The predicted octanol–water partition coefficient (Wildman–Crippen LogP) is 6.64. The molecular formula is C31H37ClN4O2. The molecule has 6 nitrogen and oxygen atoms in total. The number of halogens is 1. The molecule has 0 bridgehead atoms. The van der Waals surface area contributed by atoms with Gasteiger partial charge in [-0.2, -0.15) is 0 Å². The third-order valence-electron chi connectivity index (χ3n) is 7.22. The van der Waals surface area contributed by atoms with E-state index in [1.165, 1.54) is 6.20 Å². The molecule has 2 heterocycles. The standard InChI is InChI=1S/C31H37ClN4O2/c1-20-17-23(32)19-33-27(20)30(38)36-16-8-11-26(28(36)21-12-14-25(15-13-21)35(5)6)29(37)34-24-10-7-9-22(18-24)31(2,3)4/h7,9-10,12-15,17-19,26,28H,8,11,16H2,1-6H3,(H,34,37)/t26-,28?/m0/s1. The van der Waals surface area contributed by atoms with Gasteiger partial charge in [-0.1, -0.05) is 56.6 Å². The van der Waals surface area contributed by atoms with Crippen LogP contribution in [0.3, 0.4) is 0 Å². The summed E-state index contributed by atoms with van der Waals surface area (Å²) in [5, 5.41) is 3.64. The van der Waals surface area contributed by atoms with Crippen LogP contribution >= 0.6 is 11.6 Å². The topological polar surface area (TPSA) is 65.5 Å². The minimum atomic E-state index is -0.421. The van der Waals surface area contributed by atoms with E-state index in [0.717, 1.165) is 34.5 Å². The fourth-order valence-electron chi connectivity index (χ4n) is 5.08. The second kappa shape index (κ2) is 11.2. The summed E-state index contributed by atoms with van der Waals surface area (Å²) in [6, 6.07) is 17.4. The largest absolute Gasteiger partial charge is 0.378 e. The zero-order valence-corrected chi connectivity index (χ0v) is 23.8. The Labute approximate surface area is 231 Å². The molecule has 0 aliphatic carbocycles. The Morgan fingerprint density at radius 1 is 1.08 bits per heavy atom. The Kier molecular flexibility index (Phi) is 8.12. The first-order valence-electron chi connectivity index (χ1n) is 13.1. The van der Waals surface area contributed by atoms with Crippen LogP contribution in [0.1, 0.15) is 66.8 Å². The third-order valence-corrected chi connectivity index (χ3v) is 7.43. The number of hydrogen-bond acceptors (Lipinski definition) is 4. The van der Waals surface area contributed by atoms with Gasteiger partial charge in [-0.3, -0.25) is 9.59 Å². The van der Waals surface area contributed by atoms with E-state index >= 15 is 0 Å². The van der Waals surface area contributed by atoms with Gasteiger partial charge in [0.05, 0.1) is 17.0 Å². The SMILES string of the molecule is Cc1cc(Cl)cnc1C(=O)N1CCC[C@H](C(=O)Nc2cccc(C(C)(C)C)c2)C1c1ccc(N(C)C)cc1. The van der Waals surface area contributed by atoms with Gasteiger partial charge in [0, 0.05) is 38.2 Å². The van der Waals surface area contributed by atoms with Crippen LogP contribution in [0.2, 0.25) is 5.02 Å². The van der Waals surface area contributed by atoms with Crippen molar-refractivity contribution in [1.82, 2.24) is 9.88 Å². The molecule has 3 aromatic rings. The third kappa shape index (κ3) is 6.02. The number of benzene rings is 2. The average Bonchev–Trinajstić information content (AvgIpc) is 2.87. The Morgan fingerprint density at radius 3 is 2.42 bits per heavy atom. The van der Waals surface area contributed by atoms with Crippen LogP contribution in [-0.2, 0) is 10.2 Å². The number of pyridine rings is 1. The van der Waals surface area contributed by atoms with Crippen LogP contribution in [0.4, 0.5) is 11.4 Å². The van der Waals surface area contributed by atoms with E-state index in [1.54, 1.807) is 6.07 Å². The van der Waals surface area contributed by atoms with Crippen molar-refractivity contribution in [3.63, 3.8) is 0 Å². The summed E-state index contributed by atoms with van der Waals surface area (Å²) in [5.74, 6) is -0.687. The number of carbonyl (C=O) groups excluding carboxylic acids is 2. The maximum atomic E-state index is 13.9. The Hall–Kier alpha value is -3.38. The van der Waals surface area contributed by atoms with E-state index in [9.17, 15) is 9.59 Å². The minimum Gasteiger partial charge on any atom is -0.378 e. The lowest BCUT2D eigenvalue weighted by atomic mass is 9.83. The highest BCUT2D eigenvalue weighted by Gasteiger charge is 2.40. The highest BCUT2D eigenvalue weighted by atomic mass is 35.5. The zero-order valence-electron chi connectivity index (χ0n) is 23.1. The van der Waals surface area contributed by atoms with Crippen LogP contribution in [0.15, 0.2) is 60.8 Å². The molecule has 1 aromatic heterocycles. The molecule has 1 fully saturated rings. The van der Waals surface area contributed by atoms with E-state index in [1.807, 2.05) is 73.3 Å². The number of hydrogen-bond donors (Lipinski definition) is 1. The molecule has 2 amide bonds. The quantitative estimate of drug-likeness (QED) is 0.400. The van der Waals surface area contributed by atoms with Crippen molar-refractivity contribution in [1.29, 1.82) is 0 Å². The molecule has 0 saturated carbocycles. The Bertz CT molecular complexity index is 1310. The Balaban J connectivity index is 1.70. The van der Waals surface area contributed by atoms with Crippen molar-refractivity contribution in [2.75, 3.05) is 30.9 Å². The first-order valence-corrected chi connectivity index (χ1v) is 13.5. The molecule has 0 radical (unpaired) electrons. The van der Waals surface area contributed by atoms with Gasteiger partial charge in [-0.05, 0) is 72.2 Å². The van der Waals surface area contributed by atoms with Gasteiger partial charge in [0.1, 0.15) is 5.69 Å². The van der Waals surface area contributed by atoms with E-state index in [-0.39, 0.29) is 17.2 Å². The number of likely N-dealkylation sites (tertiary alicyclic amines) is 1. The highest BCUT2D eigenvalue weighted by Crippen LogP contribution is 2.39. The number of rotatable bonds is 5. The molecule has 0 spiro atoms. The number of aryl methyl sites for hydroxylation is 1. The number of nitrogens with one attached hydrogen (secondary N) is 1. The van der Waals surface area contributed by atoms with Gasteiger partial charge in [0.2, 0.25) is 5.91 Å². The summed E-state index contributed by atoms with van der Waals surface area (Å²) in [4.78, 5) is 35.9. The van der Waals surface area contributed by atoms with E-state index in [2.05, 4.69) is 37.1 Å². The lowest BCUT2D eigenvalue weighted by molar-refractivity contribution is -0.123. The van der Waals surface area contributed by atoms with Crippen LogP contribution < -0.4 is 10.2 Å². The van der Waals surface area contributed by atoms with Gasteiger partial charge in [0.25, 0.3) is 5.91 Å². The van der Waals surface area contributed by atoms with Gasteiger partial charge < -0.3 is 15.1 Å². The predicted molar refractivity (Wildman–Crippen MR) is 155 cm³/mol. The first kappa shape index (κ1) is 27.6. The van der Waals surface area contributed by atoms with Crippen molar-refractivity contribution >= 4 is 34.8 Å². The summed E-state index contributed by atoms with van der Waals surface area (Å²) >= 11 is 6.11. The highest BCUT2D eigenvalue weighted by molar-refractivity contribution is 6.30. The molecule has 1 unspecified atom stereocenters. The maximum Gasteiger partial charge on any atom is 0.273 e. The van der Waals surface area contributed by atoms with Crippen LogP contribution in [0, 0.1) is 12.8 Å². The molecule has 7 heteroatoms. The maximum absolute atomic E-state index is 13.9. The molecule has 1 N–H and O–H groups in total. The number of amides is 2. The average molecular weight is 533 g/mol. The van der Waals surface area contributed by atoms with Gasteiger partial charge >= 0.3 is 0 Å². The lowest BCUT2D eigenvalue weighted by Gasteiger charge is -2.41. The summed E-state index contributed by atoms with van der Waals surface area (Å²) in [7, 11) is 3.98. The molecule has 1 aliphatic rings. The monoisotopic (exact) mass is 532 g/mol. The van der Waals surface area contributed by atoms with Crippen molar-refractivity contribution in [3.05, 3.63) is 88.2 Å². The molecule has 1 saturated heterocycles. The molecule has 200 valence electrons. The molecule has 4 rings (SSSR count). The van der Waals surface area contributed by atoms with Gasteiger partial charge in [0.15, 0.2) is 0 Å². The van der Waals surface area contributed by atoms with Crippen molar-refractivity contribution < 1.29 is 9.59 Å². The number of anilines is 2. The van der Waals surface area contributed by atoms with Crippen molar-refractivity contribution in [2.45, 2.75) is 52.0 Å². The van der Waals surface area contributed by atoms with Crippen molar-refractivity contribution in [3.8, 4) is 0 Å². The zero-order chi connectivity index (χ0) is 27.6. The number of carbonyl (C=O) groups is 2. The summed E-state index contributed by atoms with van der Waals surface area (Å²) in [6.07, 6.45) is 2.91. The fraction of sp³-hybridized carbons (Fsp3) is 0.387. The van der Waals surface area contributed by atoms with Crippen LogP contribution in [0.5, 0.6) is 0 Å². The second-order valence-corrected chi connectivity index (χ2v) is 11.8. The summed E-state index contributed by atoms with van der Waals surface area (Å²) in [5.41, 5.74) is 4.95. The first-order chi connectivity index (χ1) is 18.0. The second-order valence-electron chi connectivity index (χ2n) is 11.3. The molecule has 1 aliphatic heterocycles. The number of piperidine rings is 1. The van der Waals surface area contributed by atoms with Crippen molar-refractivity contribution in [2.24, 2.45) is 5.92 Å². The van der Waals surface area contributed by atoms with Crippen LogP contribution in [-0.4, -0.2) is 42.3 Å². The smallest absolute Gasteiger partial charge is 0.273 e. The fourth-order valence-corrected chi connectivity index (χ4v) is 5.29. The number of nitrogens with zero attached hydrogens (tertiary/aromatic N) is 3. The van der Waals surface area contributed by atoms with Gasteiger partial charge in [-0.15, -0.1) is 0 Å².